The van der Waals surface area contributed by atoms with Crippen LogP contribution in [-0.2, 0) is 4.79 Å². The van der Waals surface area contributed by atoms with Gasteiger partial charge in [0.25, 0.3) is 0 Å². The van der Waals surface area contributed by atoms with Gasteiger partial charge in [-0.3, -0.25) is 9.69 Å². The molecule has 0 spiro atoms. The van der Waals surface area contributed by atoms with Crippen LogP contribution in [0.3, 0.4) is 0 Å². The van der Waals surface area contributed by atoms with Crippen molar-refractivity contribution in [2.45, 2.75) is 31.7 Å². The van der Waals surface area contributed by atoms with Gasteiger partial charge >= 0.3 is 0 Å². The Bertz CT molecular complexity index is 341. The summed E-state index contributed by atoms with van der Waals surface area (Å²) in [6.45, 7) is 7.06. The molecule has 0 aromatic carbocycles. The van der Waals surface area contributed by atoms with E-state index in [4.69, 9.17) is 5.73 Å². The van der Waals surface area contributed by atoms with E-state index in [0.29, 0.717) is 19.1 Å². The number of nitrogens with two attached hydrogens (primary N) is 1. The van der Waals surface area contributed by atoms with Gasteiger partial charge in [-0.05, 0) is 51.2 Å². The topological polar surface area (TPSA) is 61.6 Å². The van der Waals surface area contributed by atoms with E-state index < -0.39 is 0 Å². The van der Waals surface area contributed by atoms with E-state index >= 15 is 0 Å². The monoisotopic (exact) mass is 280 g/mol. The molecule has 5 nitrogen and oxygen atoms in total. The summed E-state index contributed by atoms with van der Waals surface area (Å²) < 4.78 is 0. The van der Waals surface area contributed by atoms with Gasteiger partial charge in [-0.1, -0.05) is 0 Å². The van der Waals surface area contributed by atoms with Crippen molar-refractivity contribution in [3.63, 3.8) is 0 Å². The minimum atomic E-state index is 0.172. The Morgan fingerprint density at radius 3 is 2.60 bits per heavy atom. The van der Waals surface area contributed by atoms with Crippen LogP contribution in [0.4, 0.5) is 0 Å². The smallest absolute Gasteiger partial charge is 0.224 e. The molecule has 2 atom stereocenters. The second kappa shape index (κ2) is 6.41. The van der Waals surface area contributed by atoms with E-state index in [0.717, 1.165) is 25.3 Å². The molecule has 4 saturated heterocycles. The van der Waals surface area contributed by atoms with Crippen LogP contribution in [0.5, 0.6) is 0 Å². The minimum Gasteiger partial charge on any atom is -0.355 e. The number of rotatable bonds is 4. The van der Waals surface area contributed by atoms with Gasteiger partial charge in [0.15, 0.2) is 0 Å². The lowest BCUT2D eigenvalue weighted by Crippen LogP contribution is -2.59. The highest BCUT2D eigenvalue weighted by molar-refractivity contribution is 5.78. The standard InChI is InChI=1S/C15H28N4O/c16-5-6-17-15(20)13-2-1-7-19(10-13)14-11-18-8-3-12(14)4-9-18/h12-14H,1-11,16H2,(H,17,20). The first-order valence-corrected chi connectivity index (χ1v) is 8.22. The molecule has 0 aliphatic carbocycles. The van der Waals surface area contributed by atoms with E-state index in [-0.39, 0.29) is 11.8 Å². The fourth-order valence-electron chi connectivity index (χ4n) is 4.21. The van der Waals surface area contributed by atoms with Crippen LogP contribution in [0.2, 0.25) is 0 Å². The van der Waals surface area contributed by atoms with E-state index in [1.807, 2.05) is 0 Å². The van der Waals surface area contributed by atoms with E-state index in [1.54, 1.807) is 0 Å². The highest BCUT2D eigenvalue weighted by atomic mass is 16.1. The van der Waals surface area contributed by atoms with Crippen LogP contribution in [-0.4, -0.2) is 67.6 Å². The van der Waals surface area contributed by atoms with Gasteiger partial charge in [-0.2, -0.15) is 0 Å². The van der Waals surface area contributed by atoms with Crippen LogP contribution in [0.15, 0.2) is 0 Å². The summed E-state index contributed by atoms with van der Waals surface area (Å²) in [7, 11) is 0. The molecule has 4 aliphatic heterocycles. The van der Waals surface area contributed by atoms with Crippen LogP contribution < -0.4 is 11.1 Å². The fourth-order valence-corrected chi connectivity index (χ4v) is 4.21. The third-order valence-corrected chi connectivity index (χ3v) is 5.36. The predicted molar refractivity (Wildman–Crippen MR) is 79.3 cm³/mol. The molecule has 2 unspecified atom stereocenters. The predicted octanol–water partition coefficient (Wildman–Crippen LogP) is -0.132. The molecule has 20 heavy (non-hydrogen) atoms. The third-order valence-electron chi connectivity index (χ3n) is 5.36. The molecule has 1 amide bonds. The van der Waals surface area contributed by atoms with Crippen molar-refractivity contribution in [2.75, 3.05) is 45.8 Å². The van der Waals surface area contributed by atoms with E-state index in [2.05, 4.69) is 15.1 Å². The Labute approximate surface area is 121 Å². The Morgan fingerprint density at radius 2 is 1.95 bits per heavy atom. The van der Waals surface area contributed by atoms with Crippen molar-refractivity contribution in [1.82, 2.24) is 15.1 Å². The number of likely N-dealkylation sites (tertiary alicyclic amines) is 1. The van der Waals surface area contributed by atoms with Crippen molar-refractivity contribution in [1.29, 1.82) is 0 Å². The number of carbonyl (C=O) groups excluding carboxylic acids is 1. The number of nitrogens with zero attached hydrogens (tertiary/aromatic N) is 2. The van der Waals surface area contributed by atoms with Crippen molar-refractivity contribution < 1.29 is 4.79 Å². The van der Waals surface area contributed by atoms with E-state index in [9.17, 15) is 4.79 Å². The van der Waals surface area contributed by atoms with Gasteiger partial charge in [0.05, 0.1) is 5.92 Å². The zero-order valence-corrected chi connectivity index (χ0v) is 12.4. The molecule has 114 valence electrons. The number of amides is 1. The SMILES string of the molecule is NCCNC(=O)C1CCCN(C2CN3CCC2CC3)C1. The number of fused-ring (bicyclic) bond motifs is 3. The Hall–Kier alpha value is -0.650. The fraction of sp³-hybridized carbons (Fsp3) is 0.933. The van der Waals surface area contributed by atoms with Crippen LogP contribution in [0.1, 0.15) is 25.7 Å². The summed E-state index contributed by atoms with van der Waals surface area (Å²) in [6.07, 6.45) is 4.90. The quantitative estimate of drug-likeness (QED) is 0.753. The summed E-state index contributed by atoms with van der Waals surface area (Å²) in [5.74, 6) is 1.25. The van der Waals surface area contributed by atoms with Gasteiger partial charge in [-0.15, -0.1) is 0 Å². The molecule has 2 bridgehead atoms. The highest BCUT2D eigenvalue weighted by Crippen LogP contribution is 2.33. The van der Waals surface area contributed by atoms with Gasteiger partial charge < -0.3 is 16.0 Å². The average molecular weight is 280 g/mol. The highest BCUT2D eigenvalue weighted by Gasteiger charge is 2.39. The lowest BCUT2D eigenvalue weighted by Gasteiger charge is -2.50. The van der Waals surface area contributed by atoms with Crippen LogP contribution in [0.25, 0.3) is 0 Å². The Balaban J connectivity index is 1.56. The molecule has 3 N–H and O–H groups in total. The molecule has 0 aromatic heterocycles. The zero-order chi connectivity index (χ0) is 13.9. The number of hydrogen-bond donors (Lipinski definition) is 2. The maximum absolute atomic E-state index is 12.1. The van der Waals surface area contributed by atoms with Gasteiger partial charge in [0.1, 0.15) is 0 Å². The maximum Gasteiger partial charge on any atom is 0.224 e. The van der Waals surface area contributed by atoms with Gasteiger partial charge in [-0.25, -0.2) is 0 Å². The molecule has 0 aromatic rings. The molecular weight excluding hydrogens is 252 g/mol. The maximum atomic E-state index is 12.1. The van der Waals surface area contributed by atoms with Crippen molar-refractivity contribution in [3.05, 3.63) is 0 Å². The third kappa shape index (κ3) is 3.00. The molecule has 4 heterocycles. The van der Waals surface area contributed by atoms with Crippen LogP contribution >= 0.6 is 0 Å². The Morgan fingerprint density at radius 1 is 1.15 bits per heavy atom. The summed E-state index contributed by atoms with van der Waals surface area (Å²) in [5.41, 5.74) is 5.46. The normalized spacial score (nSPS) is 37.9. The van der Waals surface area contributed by atoms with Gasteiger partial charge in [0, 0.05) is 32.2 Å². The van der Waals surface area contributed by atoms with Crippen molar-refractivity contribution in [3.8, 4) is 0 Å². The first-order valence-electron chi connectivity index (χ1n) is 8.22. The lowest BCUT2D eigenvalue weighted by molar-refractivity contribution is -0.127. The molecule has 0 saturated carbocycles. The zero-order valence-electron chi connectivity index (χ0n) is 12.4. The first-order chi connectivity index (χ1) is 9.78. The van der Waals surface area contributed by atoms with Crippen LogP contribution in [0, 0.1) is 11.8 Å². The van der Waals surface area contributed by atoms with Gasteiger partial charge in [0.2, 0.25) is 5.91 Å². The second-order valence-electron chi connectivity index (χ2n) is 6.62. The summed E-state index contributed by atoms with van der Waals surface area (Å²) in [5, 5.41) is 2.96. The number of hydrogen-bond acceptors (Lipinski definition) is 4. The number of nitrogens with one attached hydrogen (secondary N) is 1. The molecule has 5 heteroatoms. The molecule has 4 rings (SSSR count). The largest absolute Gasteiger partial charge is 0.355 e. The number of carbonyl (C=O) groups is 1. The molecular formula is C15H28N4O. The minimum absolute atomic E-state index is 0.172. The van der Waals surface area contributed by atoms with E-state index in [1.165, 1.54) is 39.0 Å². The molecule has 4 aliphatic rings. The summed E-state index contributed by atoms with van der Waals surface area (Å²) in [6, 6.07) is 0.697. The summed E-state index contributed by atoms with van der Waals surface area (Å²) in [4.78, 5) is 17.3. The van der Waals surface area contributed by atoms with Crippen molar-refractivity contribution in [2.24, 2.45) is 17.6 Å². The second-order valence-corrected chi connectivity index (χ2v) is 6.62. The number of piperidine rings is 4. The first kappa shape index (κ1) is 14.3. The summed E-state index contributed by atoms with van der Waals surface area (Å²) >= 11 is 0. The average Bonchev–Trinajstić information content (AvgIpc) is 2.53. The Kier molecular flexibility index (Phi) is 4.58. The lowest BCUT2D eigenvalue weighted by atomic mass is 9.81. The molecule has 4 fully saturated rings. The van der Waals surface area contributed by atoms with Crippen molar-refractivity contribution >= 4 is 5.91 Å². The molecule has 0 radical (unpaired) electrons.